The van der Waals surface area contributed by atoms with Crippen LogP contribution in [0.3, 0.4) is 0 Å². The largest absolute Gasteiger partial charge is 0.497 e. The molecule has 0 atom stereocenters. The van der Waals surface area contributed by atoms with Crippen LogP contribution in [-0.4, -0.2) is 24.6 Å². The van der Waals surface area contributed by atoms with Gasteiger partial charge in [0.25, 0.3) is 0 Å². The van der Waals surface area contributed by atoms with Gasteiger partial charge in [-0.1, -0.05) is 53.0 Å². The normalized spacial score (nSPS) is 10.6. The van der Waals surface area contributed by atoms with E-state index in [1.807, 2.05) is 30.3 Å². The summed E-state index contributed by atoms with van der Waals surface area (Å²) < 4.78 is 11.2. The minimum Gasteiger partial charge on any atom is -0.497 e. The first-order chi connectivity index (χ1) is 17.9. The van der Waals surface area contributed by atoms with Gasteiger partial charge in [-0.15, -0.1) is 0 Å². The summed E-state index contributed by atoms with van der Waals surface area (Å²) in [6.07, 6.45) is 0.563. The molecule has 0 spiro atoms. The molecule has 0 aliphatic heterocycles. The van der Waals surface area contributed by atoms with Crippen LogP contribution in [0.5, 0.6) is 17.2 Å². The lowest BCUT2D eigenvalue weighted by atomic mass is 10.1. The highest BCUT2D eigenvalue weighted by Crippen LogP contribution is 2.25. The Balaban J connectivity index is 1.51. The van der Waals surface area contributed by atoms with Gasteiger partial charge in [0.1, 0.15) is 17.2 Å². The van der Waals surface area contributed by atoms with E-state index in [2.05, 4.69) is 5.32 Å². The van der Waals surface area contributed by atoms with E-state index in [-0.39, 0.29) is 6.03 Å². The summed E-state index contributed by atoms with van der Waals surface area (Å²) in [5.41, 5.74) is 2.49. The average Bonchev–Trinajstić information content (AvgIpc) is 2.89. The summed E-state index contributed by atoms with van der Waals surface area (Å²) in [6, 6.07) is 27.1. The zero-order valence-corrected chi connectivity index (χ0v) is 22.4. The summed E-state index contributed by atoms with van der Waals surface area (Å²) >= 11 is 18.4. The van der Waals surface area contributed by atoms with Crippen molar-refractivity contribution < 1.29 is 14.3 Å². The van der Waals surface area contributed by atoms with E-state index >= 15 is 0 Å². The lowest BCUT2D eigenvalue weighted by molar-refractivity contribution is 0.209. The minimum atomic E-state index is -0.237. The zero-order chi connectivity index (χ0) is 26.2. The molecule has 0 aliphatic rings. The van der Waals surface area contributed by atoms with E-state index in [0.29, 0.717) is 57.5 Å². The van der Waals surface area contributed by atoms with Crippen molar-refractivity contribution in [1.82, 2.24) is 4.90 Å². The Hall–Kier alpha value is -3.38. The number of amides is 2. The van der Waals surface area contributed by atoms with Gasteiger partial charge in [-0.05, 0) is 90.3 Å². The standard InChI is InChI=1S/C29H25Cl3N2O3/c1-36-25-13-9-24(10-14-25)33-29(35)34(16-15-21-5-6-23(31)18-28(21)32)19-20-3-2-4-27(17-20)37-26-11-7-22(30)8-12-26/h2-14,17-18H,15-16,19H2,1H3,(H,33,35). The van der Waals surface area contributed by atoms with Crippen LogP contribution in [0.25, 0.3) is 0 Å². The number of hydrogen-bond donors (Lipinski definition) is 1. The minimum absolute atomic E-state index is 0.237. The van der Waals surface area contributed by atoms with Crippen LogP contribution in [0.2, 0.25) is 15.1 Å². The van der Waals surface area contributed by atoms with Gasteiger partial charge in [0.2, 0.25) is 0 Å². The molecule has 4 aromatic carbocycles. The highest BCUT2D eigenvalue weighted by atomic mass is 35.5. The molecule has 0 bridgehead atoms. The number of methoxy groups -OCH3 is 1. The average molecular weight is 556 g/mol. The molecule has 0 radical (unpaired) electrons. The van der Waals surface area contributed by atoms with Crippen LogP contribution >= 0.6 is 34.8 Å². The number of urea groups is 1. The summed E-state index contributed by atoms with van der Waals surface area (Å²) in [5, 5.41) is 4.75. The predicted octanol–water partition coefficient (Wildman–Crippen LogP) is 8.72. The number of carbonyl (C=O) groups excluding carboxylic acids is 1. The van der Waals surface area contributed by atoms with Crippen LogP contribution in [0.15, 0.2) is 91.0 Å². The first-order valence-corrected chi connectivity index (χ1v) is 12.7. The van der Waals surface area contributed by atoms with Gasteiger partial charge in [0, 0.05) is 33.8 Å². The summed E-state index contributed by atoms with van der Waals surface area (Å²) in [6.45, 7) is 0.802. The fourth-order valence-electron chi connectivity index (χ4n) is 3.68. The van der Waals surface area contributed by atoms with Gasteiger partial charge in [0.15, 0.2) is 0 Å². The second-order valence-corrected chi connectivity index (χ2v) is 9.55. The molecule has 0 aromatic heterocycles. The molecule has 1 N–H and O–H groups in total. The molecule has 0 fully saturated rings. The van der Waals surface area contributed by atoms with Gasteiger partial charge in [-0.25, -0.2) is 4.79 Å². The van der Waals surface area contributed by atoms with Gasteiger partial charge in [0.05, 0.1) is 7.11 Å². The topological polar surface area (TPSA) is 50.8 Å². The third-order valence-corrected chi connectivity index (χ3v) is 6.45. The number of nitrogens with one attached hydrogen (secondary N) is 1. The predicted molar refractivity (Wildman–Crippen MR) is 151 cm³/mol. The molecule has 0 heterocycles. The molecule has 4 aromatic rings. The van der Waals surface area contributed by atoms with Crippen molar-refractivity contribution in [1.29, 1.82) is 0 Å². The van der Waals surface area contributed by atoms with Gasteiger partial charge >= 0.3 is 6.03 Å². The first-order valence-electron chi connectivity index (χ1n) is 11.6. The van der Waals surface area contributed by atoms with Gasteiger partial charge in [-0.2, -0.15) is 0 Å². The fourth-order valence-corrected chi connectivity index (χ4v) is 4.30. The molecule has 0 saturated carbocycles. The molecule has 190 valence electrons. The van der Waals surface area contributed by atoms with Crippen molar-refractivity contribution in [3.63, 3.8) is 0 Å². The third-order valence-electron chi connectivity index (χ3n) is 5.62. The second-order valence-electron chi connectivity index (χ2n) is 8.27. The Kier molecular flexibility index (Phi) is 9.18. The molecule has 2 amide bonds. The van der Waals surface area contributed by atoms with Crippen LogP contribution in [-0.2, 0) is 13.0 Å². The molecule has 5 nitrogen and oxygen atoms in total. The third kappa shape index (κ3) is 7.80. The Morgan fingerprint density at radius 2 is 1.51 bits per heavy atom. The van der Waals surface area contributed by atoms with Gasteiger partial charge in [-0.3, -0.25) is 0 Å². The molecule has 0 aliphatic carbocycles. The number of carbonyl (C=O) groups is 1. The molecule has 0 unspecified atom stereocenters. The van der Waals surface area contributed by atoms with Crippen LogP contribution in [0, 0.1) is 0 Å². The maximum absolute atomic E-state index is 13.3. The summed E-state index contributed by atoms with van der Waals surface area (Å²) in [5.74, 6) is 2.05. The van der Waals surface area contributed by atoms with E-state index in [1.54, 1.807) is 72.7 Å². The lowest BCUT2D eigenvalue weighted by Gasteiger charge is -2.24. The Morgan fingerprint density at radius 3 is 2.22 bits per heavy atom. The molecular weight excluding hydrogens is 531 g/mol. The van der Waals surface area contributed by atoms with E-state index in [0.717, 1.165) is 11.1 Å². The highest BCUT2D eigenvalue weighted by molar-refractivity contribution is 6.35. The Bertz CT molecular complexity index is 1350. The number of anilines is 1. The number of benzene rings is 4. The summed E-state index contributed by atoms with van der Waals surface area (Å²) in [4.78, 5) is 15.1. The first kappa shape index (κ1) is 26.7. The Labute approximate surface area is 231 Å². The lowest BCUT2D eigenvalue weighted by Crippen LogP contribution is -2.36. The van der Waals surface area contributed by atoms with Crippen LogP contribution < -0.4 is 14.8 Å². The van der Waals surface area contributed by atoms with Crippen molar-refractivity contribution in [2.75, 3.05) is 19.0 Å². The maximum atomic E-state index is 13.3. The fraction of sp³-hybridized carbons (Fsp3) is 0.138. The Morgan fingerprint density at radius 1 is 0.811 bits per heavy atom. The number of rotatable bonds is 9. The highest BCUT2D eigenvalue weighted by Gasteiger charge is 2.16. The van der Waals surface area contributed by atoms with E-state index in [9.17, 15) is 4.79 Å². The molecule has 8 heteroatoms. The smallest absolute Gasteiger partial charge is 0.322 e. The SMILES string of the molecule is COc1ccc(NC(=O)N(CCc2ccc(Cl)cc2Cl)Cc2cccc(Oc3ccc(Cl)cc3)c2)cc1. The summed E-state index contributed by atoms with van der Waals surface area (Å²) in [7, 11) is 1.60. The quantitative estimate of drug-likeness (QED) is 0.225. The number of halogens is 3. The van der Waals surface area contributed by atoms with Crippen molar-refractivity contribution in [2.45, 2.75) is 13.0 Å². The van der Waals surface area contributed by atoms with E-state index in [1.165, 1.54) is 0 Å². The van der Waals surface area contributed by atoms with Crippen LogP contribution in [0.1, 0.15) is 11.1 Å². The second kappa shape index (κ2) is 12.7. The van der Waals surface area contributed by atoms with Crippen LogP contribution in [0.4, 0.5) is 10.5 Å². The number of ether oxygens (including phenoxy) is 2. The molecular formula is C29H25Cl3N2O3. The van der Waals surface area contributed by atoms with Gasteiger partial charge < -0.3 is 19.7 Å². The van der Waals surface area contributed by atoms with Crippen molar-refractivity contribution >= 4 is 46.5 Å². The zero-order valence-electron chi connectivity index (χ0n) is 20.1. The monoisotopic (exact) mass is 554 g/mol. The number of hydrogen-bond acceptors (Lipinski definition) is 3. The number of nitrogens with zero attached hydrogens (tertiary/aromatic N) is 1. The molecule has 4 rings (SSSR count). The molecule has 37 heavy (non-hydrogen) atoms. The van der Waals surface area contributed by atoms with Crippen molar-refractivity contribution in [2.24, 2.45) is 0 Å². The van der Waals surface area contributed by atoms with E-state index < -0.39 is 0 Å². The van der Waals surface area contributed by atoms with Crippen molar-refractivity contribution in [3.8, 4) is 17.2 Å². The maximum Gasteiger partial charge on any atom is 0.322 e. The molecule has 0 saturated heterocycles. The van der Waals surface area contributed by atoms with E-state index in [4.69, 9.17) is 44.3 Å². The van der Waals surface area contributed by atoms with Crippen molar-refractivity contribution in [3.05, 3.63) is 117 Å².